The van der Waals surface area contributed by atoms with Gasteiger partial charge in [-0.15, -0.1) is 0 Å². The lowest BCUT2D eigenvalue weighted by molar-refractivity contribution is 0.0612. The van der Waals surface area contributed by atoms with Gasteiger partial charge in [0.2, 0.25) is 5.89 Å². The number of carbonyl (C=O) groups is 1. The van der Waals surface area contributed by atoms with Crippen molar-refractivity contribution in [3.63, 3.8) is 0 Å². The molecule has 0 aromatic carbocycles. The molecule has 1 aromatic heterocycles. The maximum absolute atomic E-state index is 12.4. The molecule has 3 heterocycles. The molecule has 1 unspecified atom stereocenters. The third kappa shape index (κ3) is 2.67. The molecule has 114 valence electrons. The average Bonchev–Trinajstić information content (AvgIpc) is 3.03. The van der Waals surface area contributed by atoms with Crippen molar-refractivity contribution in [1.29, 1.82) is 0 Å². The van der Waals surface area contributed by atoms with Crippen LogP contribution in [0.4, 0.5) is 0 Å². The van der Waals surface area contributed by atoms with Crippen LogP contribution in [-0.4, -0.2) is 64.6 Å². The van der Waals surface area contributed by atoms with Crippen molar-refractivity contribution in [2.75, 3.05) is 32.7 Å². The first-order valence-electron chi connectivity index (χ1n) is 7.91. The number of nitrogens with one attached hydrogen (secondary N) is 1. The number of rotatable bonds is 3. The maximum atomic E-state index is 12.4. The lowest BCUT2D eigenvalue weighted by Crippen LogP contribution is -2.49. The number of piperazine rings is 1. The van der Waals surface area contributed by atoms with Crippen LogP contribution in [0.3, 0.4) is 0 Å². The zero-order chi connectivity index (χ0) is 14.2. The van der Waals surface area contributed by atoms with Crippen molar-refractivity contribution in [3.05, 3.63) is 11.7 Å². The minimum Gasteiger partial charge on any atom is -0.337 e. The van der Waals surface area contributed by atoms with Crippen LogP contribution in [-0.2, 0) is 0 Å². The monoisotopic (exact) mass is 291 g/mol. The van der Waals surface area contributed by atoms with Crippen LogP contribution in [0.2, 0.25) is 0 Å². The minimum atomic E-state index is -0.0987. The van der Waals surface area contributed by atoms with Gasteiger partial charge in [0.15, 0.2) is 0 Å². The first-order valence-corrected chi connectivity index (χ1v) is 7.91. The van der Waals surface area contributed by atoms with Crippen LogP contribution in [0.25, 0.3) is 0 Å². The normalized spacial score (nSPS) is 27.2. The Kier molecular flexibility index (Phi) is 3.39. The molecule has 0 bridgehead atoms. The summed E-state index contributed by atoms with van der Waals surface area (Å²) in [6.07, 6.45) is 4.74. The Morgan fingerprint density at radius 3 is 2.67 bits per heavy atom. The molecule has 2 aliphatic heterocycles. The van der Waals surface area contributed by atoms with E-state index in [4.69, 9.17) is 4.52 Å². The van der Waals surface area contributed by atoms with E-state index in [2.05, 4.69) is 20.4 Å². The third-order valence-electron chi connectivity index (χ3n) is 4.66. The second-order valence-corrected chi connectivity index (χ2v) is 6.16. The van der Waals surface area contributed by atoms with Crippen molar-refractivity contribution >= 4 is 5.91 Å². The largest absolute Gasteiger partial charge is 0.337 e. The summed E-state index contributed by atoms with van der Waals surface area (Å²) >= 11 is 0. The molecule has 21 heavy (non-hydrogen) atoms. The Labute approximate surface area is 123 Å². The van der Waals surface area contributed by atoms with Crippen LogP contribution >= 0.6 is 0 Å². The molecule has 1 N–H and O–H groups in total. The molecule has 0 spiro atoms. The van der Waals surface area contributed by atoms with Gasteiger partial charge in [-0.05, 0) is 32.2 Å². The molecule has 1 amide bonds. The summed E-state index contributed by atoms with van der Waals surface area (Å²) in [5, 5.41) is 7.17. The van der Waals surface area contributed by atoms with Gasteiger partial charge in [0.1, 0.15) is 0 Å². The van der Waals surface area contributed by atoms with Crippen LogP contribution in [0.15, 0.2) is 4.52 Å². The van der Waals surface area contributed by atoms with Crippen molar-refractivity contribution in [2.45, 2.75) is 37.8 Å². The summed E-state index contributed by atoms with van der Waals surface area (Å²) < 4.78 is 5.25. The smallest absolute Gasteiger partial charge is 0.295 e. The van der Waals surface area contributed by atoms with Crippen molar-refractivity contribution in [1.82, 2.24) is 25.3 Å². The summed E-state index contributed by atoms with van der Waals surface area (Å²) in [6, 6.07) is 0.887. The minimum absolute atomic E-state index is 0.0987. The zero-order valence-corrected chi connectivity index (χ0v) is 12.1. The Morgan fingerprint density at radius 2 is 2.00 bits per heavy atom. The highest BCUT2D eigenvalue weighted by Gasteiger charge is 2.33. The summed E-state index contributed by atoms with van der Waals surface area (Å²) in [7, 11) is 0. The molecule has 2 saturated heterocycles. The van der Waals surface area contributed by atoms with E-state index < -0.39 is 0 Å². The number of carbonyl (C=O) groups excluding carboxylic acids is 1. The highest BCUT2D eigenvalue weighted by atomic mass is 16.5. The Balaban J connectivity index is 1.38. The van der Waals surface area contributed by atoms with E-state index in [1.807, 2.05) is 4.90 Å². The molecule has 0 radical (unpaired) electrons. The predicted octanol–water partition coefficient (Wildman–Crippen LogP) is 0.414. The molecule has 1 atom stereocenters. The van der Waals surface area contributed by atoms with E-state index in [1.54, 1.807) is 0 Å². The summed E-state index contributed by atoms with van der Waals surface area (Å²) in [5.74, 6) is 0.657. The maximum Gasteiger partial charge on any atom is 0.295 e. The average molecular weight is 291 g/mol. The Bertz CT molecular complexity index is 513. The Morgan fingerprint density at radius 1 is 1.19 bits per heavy atom. The van der Waals surface area contributed by atoms with Crippen molar-refractivity contribution in [3.8, 4) is 0 Å². The fraction of sp³-hybridized carbons (Fsp3) is 0.786. The standard InChI is InChI=1S/C14H21N5O2/c20-14(19-8-6-18(7-9-19)10-3-4-10)12-16-13(21-17-12)11-2-1-5-15-11/h10-11,15H,1-9H2. The van der Waals surface area contributed by atoms with E-state index >= 15 is 0 Å². The lowest BCUT2D eigenvalue weighted by Gasteiger charge is -2.34. The van der Waals surface area contributed by atoms with E-state index in [0.717, 1.165) is 51.6 Å². The van der Waals surface area contributed by atoms with Gasteiger partial charge in [-0.3, -0.25) is 9.69 Å². The zero-order valence-electron chi connectivity index (χ0n) is 12.1. The molecule has 1 saturated carbocycles. The SMILES string of the molecule is O=C(c1noc(C2CCCN2)n1)N1CCN(C2CC2)CC1. The van der Waals surface area contributed by atoms with Gasteiger partial charge in [-0.1, -0.05) is 5.16 Å². The number of hydrogen-bond donors (Lipinski definition) is 1. The van der Waals surface area contributed by atoms with Gasteiger partial charge < -0.3 is 14.7 Å². The fourth-order valence-electron chi connectivity index (χ4n) is 3.23. The summed E-state index contributed by atoms with van der Waals surface area (Å²) in [5.41, 5.74) is 0. The lowest BCUT2D eigenvalue weighted by atomic mass is 10.2. The van der Waals surface area contributed by atoms with E-state index in [0.29, 0.717) is 5.89 Å². The highest BCUT2D eigenvalue weighted by molar-refractivity contribution is 5.90. The quantitative estimate of drug-likeness (QED) is 0.869. The van der Waals surface area contributed by atoms with Gasteiger partial charge in [0, 0.05) is 32.2 Å². The topological polar surface area (TPSA) is 74.5 Å². The first-order chi connectivity index (χ1) is 10.3. The summed E-state index contributed by atoms with van der Waals surface area (Å²) in [4.78, 5) is 21.0. The molecule has 7 nitrogen and oxygen atoms in total. The number of hydrogen-bond acceptors (Lipinski definition) is 6. The van der Waals surface area contributed by atoms with E-state index in [-0.39, 0.29) is 17.8 Å². The first kappa shape index (κ1) is 13.2. The van der Waals surface area contributed by atoms with Gasteiger partial charge >= 0.3 is 0 Å². The van der Waals surface area contributed by atoms with Crippen LogP contribution < -0.4 is 5.32 Å². The number of amides is 1. The van der Waals surface area contributed by atoms with Crippen LogP contribution in [0.1, 0.15) is 48.2 Å². The fourth-order valence-corrected chi connectivity index (χ4v) is 3.23. The molecular formula is C14H21N5O2. The molecule has 3 aliphatic rings. The van der Waals surface area contributed by atoms with E-state index in [9.17, 15) is 4.79 Å². The third-order valence-corrected chi connectivity index (χ3v) is 4.66. The second kappa shape index (κ2) is 5.38. The predicted molar refractivity (Wildman–Crippen MR) is 74.8 cm³/mol. The summed E-state index contributed by atoms with van der Waals surface area (Å²) in [6.45, 7) is 4.43. The van der Waals surface area contributed by atoms with Crippen LogP contribution in [0.5, 0.6) is 0 Å². The molecule has 7 heteroatoms. The Hall–Kier alpha value is -1.47. The molecule has 1 aromatic rings. The van der Waals surface area contributed by atoms with Crippen molar-refractivity contribution in [2.24, 2.45) is 0 Å². The van der Waals surface area contributed by atoms with Gasteiger partial charge in [0.05, 0.1) is 6.04 Å². The number of nitrogens with zero attached hydrogens (tertiary/aromatic N) is 4. The highest BCUT2D eigenvalue weighted by Crippen LogP contribution is 2.27. The van der Waals surface area contributed by atoms with Crippen molar-refractivity contribution < 1.29 is 9.32 Å². The number of aromatic nitrogens is 2. The molecule has 1 aliphatic carbocycles. The van der Waals surface area contributed by atoms with Gasteiger partial charge in [-0.2, -0.15) is 4.98 Å². The van der Waals surface area contributed by atoms with Gasteiger partial charge in [-0.25, -0.2) is 0 Å². The van der Waals surface area contributed by atoms with E-state index in [1.165, 1.54) is 12.8 Å². The molecule has 3 fully saturated rings. The molecule has 4 rings (SSSR count). The molecular weight excluding hydrogens is 270 g/mol. The van der Waals surface area contributed by atoms with Crippen LogP contribution in [0, 0.1) is 0 Å². The second-order valence-electron chi connectivity index (χ2n) is 6.16. The van der Waals surface area contributed by atoms with Gasteiger partial charge in [0.25, 0.3) is 11.7 Å².